The topological polar surface area (TPSA) is 70.1 Å². The van der Waals surface area contributed by atoms with Gasteiger partial charge < -0.3 is 19.6 Å². The van der Waals surface area contributed by atoms with Crippen molar-refractivity contribution in [3.05, 3.63) is 57.8 Å². The highest BCUT2D eigenvalue weighted by Crippen LogP contribution is 2.41. The first-order valence-electron chi connectivity index (χ1n) is 10.1. The first kappa shape index (κ1) is 22.1. The van der Waals surface area contributed by atoms with E-state index in [1.54, 1.807) is 23.1 Å². The fourth-order valence-electron chi connectivity index (χ4n) is 3.52. The Morgan fingerprint density at radius 1 is 1.23 bits per heavy atom. The van der Waals surface area contributed by atoms with Crippen LogP contribution < -0.4 is 4.74 Å². The average Bonchev–Trinajstić information content (AvgIpc) is 3.34. The van der Waals surface area contributed by atoms with Crippen molar-refractivity contribution in [3.63, 3.8) is 0 Å². The third kappa shape index (κ3) is 4.74. The molecular weight excluding hydrogens is 400 g/mol. The van der Waals surface area contributed by atoms with E-state index in [-0.39, 0.29) is 11.3 Å². The number of amides is 1. The second kappa shape index (κ2) is 9.91. The van der Waals surface area contributed by atoms with Crippen LogP contribution in [0.25, 0.3) is 5.76 Å². The van der Waals surface area contributed by atoms with Crippen molar-refractivity contribution in [2.24, 2.45) is 0 Å². The normalized spacial score (nSPS) is 18.4. The Labute approximate surface area is 181 Å². The Bertz CT molecular complexity index is 921. The number of thiophene rings is 1. The predicted molar refractivity (Wildman–Crippen MR) is 119 cm³/mol. The van der Waals surface area contributed by atoms with E-state index in [4.69, 9.17) is 4.74 Å². The Morgan fingerprint density at radius 3 is 2.70 bits per heavy atom. The second-order valence-electron chi connectivity index (χ2n) is 7.54. The van der Waals surface area contributed by atoms with Crippen LogP contribution >= 0.6 is 11.3 Å². The molecule has 1 amide bonds. The quantitative estimate of drug-likeness (QED) is 0.373. The lowest BCUT2D eigenvalue weighted by atomic mass is 9.99. The number of hydrogen-bond donors (Lipinski definition) is 1. The third-order valence-electron chi connectivity index (χ3n) is 4.94. The molecule has 1 aliphatic heterocycles. The standard InChI is InChI=1S/C23H28N2O4S/c1-4-13-29-17-9-5-8-16(15-17)21(26)19-20(18-10-6-14-30-18)25(23(28)22(19)27)12-7-11-24(2)3/h5-6,8-10,14-15,20,26H,4,7,11-13H2,1-3H3. The number of Topliss-reactive ketones (excluding diaryl/α,β-unsaturated/α-hetero) is 1. The molecule has 2 aromatic rings. The van der Waals surface area contributed by atoms with E-state index >= 15 is 0 Å². The minimum atomic E-state index is -0.643. The van der Waals surface area contributed by atoms with Crippen LogP contribution in [-0.2, 0) is 9.59 Å². The number of benzene rings is 1. The van der Waals surface area contributed by atoms with Gasteiger partial charge in [0.15, 0.2) is 0 Å². The van der Waals surface area contributed by atoms with Gasteiger partial charge in [-0.2, -0.15) is 0 Å². The second-order valence-corrected chi connectivity index (χ2v) is 8.52. The van der Waals surface area contributed by atoms with Gasteiger partial charge in [-0.3, -0.25) is 9.59 Å². The summed E-state index contributed by atoms with van der Waals surface area (Å²) in [6.45, 7) is 3.83. The minimum Gasteiger partial charge on any atom is -0.507 e. The number of aliphatic hydroxyl groups is 1. The Morgan fingerprint density at radius 2 is 2.03 bits per heavy atom. The number of likely N-dealkylation sites (tertiary alicyclic amines) is 1. The zero-order valence-corrected chi connectivity index (χ0v) is 18.4. The molecule has 1 atom stereocenters. The molecule has 1 N–H and O–H groups in total. The van der Waals surface area contributed by atoms with Crippen LogP contribution in [0.2, 0.25) is 0 Å². The maximum absolute atomic E-state index is 12.9. The summed E-state index contributed by atoms with van der Waals surface area (Å²) in [6.07, 6.45) is 1.61. The summed E-state index contributed by atoms with van der Waals surface area (Å²) in [6, 6.07) is 10.2. The number of carbonyl (C=O) groups is 2. The van der Waals surface area contributed by atoms with Crippen molar-refractivity contribution in [1.82, 2.24) is 9.80 Å². The molecule has 30 heavy (non-hydrogen) atoms. The molecule has 1 aromatic carbocycles. The lowest BCUT2D eigenvalue weighted by Crippen LogP contribution is -2.32. The van der Waals surface area contributed by atoms with Crippen molar-refractivity contribution in [2.45, 2.75) is 25.8 Å². The lowest BCUT2D eigenvalue weighted by molar-refractivity contribution is -0.139. The number of nitrogens with zero attached hydrogens (tertiary/aromatic N) is 2. The largest absolute Gasteiger partial charge is 0.507 e. The molecule has 1 saturated heterocycles. The molecule has 1 unspecified atom stereocenters. The lowest BCUT2D eigenvalue weighted by Gasteiger charge is -2.24. The summed E-state index contributed by atoms with van der Waals surface area (Å²) >= 11 is 1.47. The van der Waals surface area contributed by atoms with Crippen molar-refractivity contribution >= 4 is 28.8 Å². The van der Waals surface area contributed by atoms with Crippen molar-refractivity contribution in [1.29, 1.82) is 0 Å². The summed E-state index contributed by atoms with van der Waals surface area (Å²) in [4.78, 5) is 30.3. The van der Waals surface area contributed by atoms with Crippen molar-refractivity contribution in [2.75, 3.05) is 33.8 Å². The molecule has 0 spiro atoms. The van der Waals surface area contributed by atoms with Crippen LogP contribution in [-0.4, -0.2) is 60.4 Å². The number of ketones is 1. The molecule has 3 rings (SSSR count). The smallest absolute Gasteiger partial charge is 0.295 e. The molecular formula is C23H28N2O4S. The average molecular weight is 429 g/mol. The Hall–Kier alpha value is -2.64. The Kier molecular flexibility index (Phi) is 7.29. The van der Waals surface area contributed by atoms with E-state index in [2.05, 4.69) is 0 Å². The molecule has 0 radical (unpaired) electrons. The van der Waals surface area contributed by atoms with Gasteiger partial charge in [-0.1, -0.05) is 25.1 Å². The maximum Gasteiger partial charge on any atom is 0.295 e. The summed E-state index contributed by atoms with van der Waals surface area (Å²) in [5.41, 5.74) is 0.608. The molecule has 0 saturated carbocycles. The highest BCUT2D eigenvalue weighted by molar-refractivity contribution is 7.10. The van der Waals surface area contributed by atoms with E-state index < -0.39 is 17.7 Å². The number of hydrogen-bond acceptors (Lipinski definition) is 6. The SMILES string of the molecule is CCCOc1cccc(C(O)=C2C(=O)C(=O)N(CCCN(C)C)C2c2cccs2)c1. The van der Waals surface area contributed by atoms with E-state index in [9.17, 15) is 14.7 Å². The van der Waals surface area contributed by atoms with E-state index in [0.29, 0.717) is 24.5 Å². The van der Waals surface area contributed by atoms with E-state index in [1.165, 1.54) is 11.3 Å². The van der Waals surface area contributed by atoms with Crippen LogP contribution in [0.4, 0.5) is 0 Å². The zero-order chi connectivity index (χ0) is 21.7. The predicted octanol–water partition coefficient (Wildman–Crippen LogP) is 3.91. The van der Waals surface area contributed by atoms with Gasteiger partial charge in [0.25, 0.3) is 11.7 Å². The van der Waals surface area contributed by atoms with Crippen LogP contribution in [0.5, 0.6) is 5.75 Å². The van der Waals surface area contributed by atoms with Gasteiger partial charge in [0, 0.05) is 17.0 Å². The molecule has 1 fully saturated rings. The third-order valence-corrected chi connectivity index (χ3v) is 5.86. The van der Waals surface area contributed by atoms with Crippen molar-refractivity contribution in [3.8, 4) is 5.75 Å². The Balaban J connectivity index is 2.00. The first-order chi connectivity index (χ1) is 14.4. The molecule has 160 valence electrons. The van der Waals surface area contributed by atoms with Gasteiger partial charge in [-0.05, 0) is 57.1 Å². The summed E-state index contributed by atoms with van der Waals surface area (Å²) in [5.74, 6) is -0.750. The number of ether oxygens (including phenoxy) is 1. The number of carbonyl (C=O) groups excluding carboxylic acids is 2. The fourth-order valence-corrected chi connectivity index (χ4v) is 4.36. The molecule has 0 aliphatic carbocycles. The van der Waals surface area contributed by atoms with Gasteiger partial charge in [-0.25, -0.2) is 0 Å². The van der Waals surface area contributed by atoms with Gasteiger partial charge >= 0.3 is 0 Å². The molecule has 1 aromatic heterocycles. The molecule has 6 nitrogen and oxygen atoms in total. The van der Waals surface area contributed by atoms with Crippen molar-refractivity contribution < 1.29 is 19.4 Å². The van der Waals surface area contributed by atoms with Crippen LogP contribution in [0.3, 0.4) is 0 Å². The maximum atomic E-state index is 12.9. The monoisotopic (exact) mass is 428 g/mol. The first-order valence-corrected chi connectivity index (χ1v) is 11.0. The van der Waals surface area contributed by atoms with Gasteiger partial charge in [-0.15, -0.1) is 11.3 Å². The molecule has 7 heteroatoms. The summed E-state index contributed by atoms with van der Waals surface area (Å²) < 4.78 is 5.65. The summed E-state index contributed by atoms with van der Waals surface area (Å²) in [5, 5.41) is 13.0. The molecule has 1 aliphatic rings. The van der Waals surface area contributed by atoms with Gasteiger partial charge in [0.05, 0.1) is 18.2 Å². The zero-order valence-electron chi connectivity index (χ0n) is 17.6. The van der Waals surface area contributed by atoms with Gasteiger partial charge in [0.2, 0.25) is 0 Å². The molecule has 0 bridgehead atoms. The highest BCUT2D eigenvalue weighted by atomic mass is 32.1. The van der Waals surface area contributed by atoms with E-state index in [0.717, 1.165) is 24.3 Å². The summed E-state index contributed by atoms with van der Waals surface area (Å²) in [7, 11) is 3.94. The minimum absolute atomic E-state index is 0.139. The van der Waals surface area contributed by atoms with E-state index in [1.807, 2.05) is 49.5 Å². The van der Waals surface area contributed by atoms with Crippen LogP contribution in [0.1, 0.15) is 36.2 Å². The highest BCUT2D eigenvalue weighted by Gasteiger charge is 2.46. The molecule has 2 heterocycles. The fraction of sp³-hybridized carbons (Fsp3) is 0.391. The number of rotatable bonds is 9. The van der Waals surface area contributed by atoms with Crippen LogP contribution in [0, 0.1) is 0 Å². The number of aliphatic hydroxyl groups excluding tert-OH is 1. The van der Waals surface area contributed by atoms with Gasteiger partial charge in [0.1, 0.15) is 11.5 Å². The van der Waals surface area contributed by atoms with Crippen LogP contribution in [0.15, 0.2) is 47.4 Å².